The zero-order chi connectivity index (χ0) is 14.2. The van der Waals surface area contributed by atoms with Gasteiger partial charge >= 0.3 is 0 Å². The van der Waals surface area contributed by atoms with E-state index in [1.54, 1.807) is 30.3 Å². The van der Waals surface area contributed by atoms with Gasteiger partial charge in [-0.1, -0.05) is 23.4 Å². The van der Waals surface area contributed by atoms with Crippen molar-refractivity contribution in [1.82, 2.24) is 5.16 Å². The minimum absolute atomic E-state index is 0.137. The quantitative estimate of drug-likeness (QED) is 0.720. The van der Waals surface area contributed by atoms with Crippen LogP contribution in [0.2, 0.25) is 0 Å². The van der Waals surface area contributed by atoms with Crippen LogP contribution in [0.5, 0.6) is 0 Å². The van der Waals surface area contributed by atoms with Gasteiger partial charge in [-0.05, 0) is 23.6 Å². The molecule has 0 fully saturated rings. The molecule has 0 spiro atoms. The van der Waals surface area contributed by atoms with E-state index in [0.29, 0.717) is 11.1 Å². The Kier molecular flexibility index (Phi) is 2.83. The largest absolute Gasteiger partial charge is 0.399 e. The summed E-state index contributed by atoms with van der Waals surface area (Å²) in [5, 5.41) is 4.89. The summed E-state index contributed by atoms with van der Waals surface area (Å²) in [6, 6.07) is 11.5. The molecule has 20 heavy (non-hydrogen) atoms. The highest BCUT2D eigenvalue weighted by molar-refractivity contribution is 7.93. The van der Waals surface area contributed by atoms with Crippen LogP contribution in [0.3, 0.4) is 0 Å². The maximum Gasteiger partial charge on any atom is 0.263 e. The first-order valence-corrected chi connectivity index (χ1v) is 7.26. The number of sulfonamides is 1. The number of hydrogen-bond acceptors (Lipinski definition) is 5. The molecule has 0 aliphatic rings. The van der Waals surface area contributed by atoms with Crippen LogP contribution in [-0.2, 0) is 10.0 Å². The van der Waals surface area contributed by atoms with Crippen LogP contribution in [0.15, 0.2) is 58.1 Å². The second-order valence-corrected chi connectivity index (χ2v) is 5.88. The van der Waals surface area contributed by atoms with Gasteiger partial charge in [0.15, 0.2) is 5.82 Å². The van der Waals surface area contributed by atoms with E-state index in [2.05, 4.69) is 14.4 Å². The molecule has 0 unspecified atom stereocenters. The van der Waals surface area contributed by atoms with Crippen molar-refractivity contribution in [2.45, 2.75) is 4.90 Å². The third kappa shape index (κ3) is 2.19. The van der Waals surface area contributed by atoms with Crippen LogP contribution in [0.1, 0.15) is 0 Å². The second-order valence-electron chi connectivity index (χ2n) is 4.23. The number of nitrogens with one attached hydrogen (secondary N) is 1. The number of nitrogen functional groups attached to an aromatic ring is 1. The van der Waals surface area contributed by atoms with Crippen molar-refractivity contribution in [2.24, 2.45) is 0 Å². The van der Waals surface area contributed by atoms with E-state index in [0.717, 1.165) is 5.39 Å². The summed E-state index contributed by atoms with van der Waals surface area (Å²) in [4.78, 5) is 0.165. The highest BCUT2D eigenvalue weighted by Gasteiger charge is 2.18. The summed E-state index contributed by atoms with van der Waals surface area (Å²) < 4.78 is 31.7. The molecule has 1 aromatic heterocycles. The maximum absolute atomic E-state index is 12.4. The van der Waals surface area contributed by atoms with Crippen molar-refractivity contribution in [2.75, 3.05) is 10.5 Å². The number of nitrogens with two attached hydrogens (primary N) is 1. The van der Waals surface area contributed by atoms with Crippen LogP contribution in [0.25, 0.3) is 10.8 Å². The average molecular weight is 289 g/mol. The highest BCUT2D eigenvalue weighted by atomic mass is 32.2. The normalized spacial score (nSPS) is 11.6. The zero-order valence-corrected chi connectivity index (χ0v) is 11.1. The molecule has 6 nitrogen and oxygen atoms in total. The first-order valence-electron chi connectivity index (χ1n) is 5.78. The molecular weight excluding hydrogens is 278 g/mol. The van der Waals surface area contributed by atoms with E-state index >= 15 is 0 Å². The van der Waals surface area contributed by atoms with Crippen molar-refractivity contribution < 1.29 is 12.9 Å². The van der Waals surface area contributed by atoms with E-state index < -0.39 is 10.0 Å². The number of nitrogens with zero attached hydrogens (tertiary/aromatic N) is 1. The van der Waals surface area contributed by atoms with Gasteiger partial charge in [0.1, 0.15) is 6.26 Å². The molecule has 3 aromatic rings. The van der Waals surface area contributed by atoms with Gasteiger partial charge in [-0.2, -0.15) is 0 Å². The fraction of sp³-hybridized carbons (Fsp3) is 0. The van der Waals surface area contributed by atoms with E-state index in [1.165, 1.54) is 18.4 Å². The van der Waals surface area contributed by atoms with Crippen molar-refractivity contribution in [3.8, 4) is 0 Å². The fourth-order valence-corrected chi connectivity index (χ4v) is 3.19. The Bertz CT molecular complexity index is 858. The summed E-state index contributed by atoms with van der Waals surface area (Å²) in [6.45, 7) is 0. The Morgan fingerprint density at radius 2 is 2.00 bits per heavy atom. The van der Waals surface area contributed by atoms with Crippen molar-refractivity contribution >= 4 is 32.3 Å². The van der Waals surface area contributed by atoms with Gasteiger partial charge in [-0.3, -0.25) is 4.72 Å². The predicted octanol–water partition coefficient (Wildman–Crippen LogP) is 2.21. The molecule has 0 saturated carbocycles. The minimum Gasteiger partial charge on any atom is -0.399 e. The Balaban J connectivity index is 2.14. The smallest absolute Gasteiger partial charge is 0.263 e. The van der Waals surface area contributed by atoms with Crippen molar-refractivity contribution in [3.05, 3.63) is 48.7 Å². The van der Waals surface area contributed by atoms with Crippen LogP contribution in [-0.4, -0.2) is 13.6 Å². The average Bonchev–Trinajstić information content (AvgIpc) is 2.89. The number of aromatic nitrogens is 1. The molecule has 7 heteroatoms. The maximum atomic E-state index is 12.4. The number of rotatable bonds is 3. The monoisotopic (exact) mass is 289 g/mol. The standard InChI is InChI=1S/C13H11N3O3S/c14-10-4-5-11-9(8-10)2-1-3-12(11)20(17,18)16-13-6-7-19-15-13/h1-8H,14H2,(H,15,16). The van der Waals surface area contributed by atoms with Gasteiger partial charge in [0.05, 0.1) is 4.90 Å². The van der Waals surface area contributed by atoms with Gasteiger partial charge in [0, 0.05) is 17.1 Å². The molecule has 3 rings (SSSR count). The molecule has 2 aromatic carbocycles. The first-order chi connectivity index (χ1) is 9.56. The predicted molar refractivity (Wildman–Crippen MR) is 75.7 cm³/mol. The Hall–Kier alpha value is -2.54. The van der Waals surface area contributed by atoms with Gasteiger partial charge in [0.25, 0.3) is 10.0 Å². The Morgan fingerprint density at radius 3 is 2.75 bits per heavy atom. The highest BCUT2D eigenvalue weighted by Crippen LogP contribution is 2.26. The molecule has 0 atom stereocenters. The lowest BCUT2D eigenvalue weighted by molar-refractivity contribution is 0.423. The molecule has 0 radical (unpaired) electrons. The summed E-state index contributed by atoms with van der Waals surface area (Å²) in [7, 11) is -3.74. The van der Waals surface area contributed by atoms with E-state index in [4.69, 9.17) is 5.73 Å². The van der Waals surface area contributed by atoms with Gasteiger partial charge < -0.3 is 10.3 Å². The third-order valence-electron chi connectivity index (χ3n) is 2.83. The zero-order valence-electron chi connectivity index (χ0n) is 10.3. The SMILES string of the molecule is Nc1ccc2c(S(=O)(=O)Nc3ccon3)cccc2c1. The van der Waals surface area contributed by atoms with Crippen molar-refractivity contribution in [1.29, 1.82) is 0 Å². The van der Waals surface area contributed by atoms with Gasteiger partial charge in [-0.25, -0.2) is 8.42 Å². The van der Waals surface area contributed by atoms with Gasteiger partial charge in [0.2, 0.25) is 0 Å². The lowest BCUT2D eigenvalue weighted by Crippen LogP contribution is -2.13. The lowest BCUT2D eigenvalue weighted by atomic mass is 10.1. The van der Waals surface area contributed by atoms with Crippen LogP contribution < -0.4 is 10.5 Å². The summed E-state index contributed by atoms with van der Waals surface area (Å²) in [5.41, 5.74) is 6.29. The fourth-order valence-electron chi connectivity index (χ4n) is 1.96. The van der Waals surface area contributed by atoms with E-state index in [1.807, 2.05) is 0 Å². The molecule has 3 N–H and O–H groups in total. The minimum atomic E-state index is -3.74. The van der Waals surface area contributed by atoms with Crippen LogP contribution in [0, 0.1) is 0 Å². The van der Waals surface area contributed by atoms with E-state index in [9.17, 15) is 8.42 Å². The van der Waals surface area contributed by atoms with E-state index in [-0.39, 0.29) is 10.7 Å². The number of benzene rings is 2. The number of fused-ring (bicyclic) bond motifs is 1. The molecule has 0 bridgehead atoms. The topological polar surface area (TPSA) is 98.2 Å². The van der Waals surface area contributed by atoms with Crippen molar-refractivity contribution in [3.63, 3.8) is 0 Å². The summed E-state index contributed by atoms with van der Waals surface area (Å²) in [5.74, 6) is 0.137. The molecule has 0 aliphatic carbocycles. The summed E-state index contributed by atoms with van der Waals surface area (Å²) in [6.07, 6.45) is 1.29. The molecule has 0 saturated heterocycles. The second kappa shape index (κ2) is 4.53. The van der Waals surface area contributed by atoms with Crippen LogP contribution >= 0.6 is 0 Å². The Labute approximate surface area is 115 Å². The summed E-state index contributed by atoms with van der Waals surface area (Å²) >= 11 is 0. The first kappa shape index (κ1) is 12.5. The lowest BCUT2D eigenvalue weighted by Gasteiger charge is -2.08. The molecule has 0 amide bonds. The third-order valence-corrected chi connectivity index (χ3v) is 4.24. The molecule has 1 heterocycles. The number of hydrogen-bond donors (Lipinski definition) is 2. The molecule has 0 aliphatic heterocycles. The molecule has 102 valence electrons. The van der Waals surface area contributed by atoms with Gasteiger partial charge in [-0.15, -0.1) is 0 Å². The molecular formula is C13H11N3O3S. The number of anilines is 2. The Morgan fingerprint density at radius 1 is 1.15 bits per heavy atom. The van der Waals surface area contributed by atoms with Crippen LogP contribution in [0.4, 0.5) is 11.5 Å².